The molecule has 0 radical (unpaired) electrons. The molecule has 2 aromatic rings. The third-order valence-corrected chi connectivity index (χ3v) is 3.54. The van der Waals surface area contributed by atoms with Crippen molar-refractivity contribution in [1.82, 2.24) is 14.5 Å². The second-order valence-electron chi connectivity index (χ2n) is 5.20. The van der Waals surface area contributed by atoms with Crippen molar-refractivity contribution in [3.05, 3.63) is 29.0 Å². The van der Waals surface area contributed by atoms with Crippen molar-refractivity contribution in [3.63, 3.8) is 0 Å². The monoisotopic (exact) mass is 299 g/mol. The van der Waals surface area contributed by atoms with Gasteiger partial charge in [-0.15, -0.1) is 11.6 Å². The summed E-state index contributed by atoms with van der Waals surface area (Å²) in [6, 6.07) is 6.10. The molecule has 1 heterocycles. The summed E-state index contributed by atoms with van der Waals surface area (Å²) in [5.74, 6) is 0.897. The van der Waals surface area contributed by atoms with Gasteiger partial charge in [0.25, 0.3) is 0 Å². The molecule has 0 amide bonds. The van der Waals surface area contributed by atoms with Crippen molar-refractivity contribution >= 4 is 34.2 Å². The average Bonchev–Trinajstić information content (AvgIpc) is 2.66. The first-order valence-electron chi connectivity index (χ1n) is 6.36. The summed E-state index contributed by atoms with van der Waals surface area (Å²) in [6.07, 6.45) is 0. The van der Waals surface area contributed by atoms with Crippen LogP contribution in [0.1, 0.15) is 31.1 Å². The van der Waals surface area contributed by atoms with Crippen LogP contribution in [0, 0.1) is 0 Å². The number of halogens is 2. The summed E-state index contributed by atoms with van der Waals surface area (Å²) in [7, 11) is 4.13. The first kappa shape index (κ1) is 14.6. The molecule has 0 aliphatic rings. The highest BCUT2D eigenvalue weighted by Gasteiger charge is 2.19. The molecule has 0 aliphatic heterocycles. The molecule has 1 aromatic carbocycles. The molecule has 0 N–H and O–H groups in total. The van der Waals surface area contributed by atoms with Crippen molar-refractivity contribution in [3.8, 4) is 0 Å². The number of aromatic nitrogens is 2. The second kappa shape index (κ2) is 5.70. The van der Waals surface area contributed by atoms with Crippen molar-refractivity contribution in [2.75, 3.05) is 20.6 Å². The quantitative estimate of drug-likeness (QED) is 0.792. The van der Waals surface area contributed by atoms with Gasteiger partial charge >= 0.3 is 0 Å². The van der Waals surface area contributed by atoms with E-state index in [1.54, 1.807) is 0 Å². The average molecular weight is 300 g/mol. The zero-order valence-electron chi connectivity index (χ0n) is 11.7. The lowest BCUT2D eigenvalue weighted by molar-refractivity contribution is 0.336. The van der Waals surface area contributed by atoms with Gasteiger partial charge in [-0.3, -0.25) is 0 Å². The van der Waals surface area contributed by atoms with Crippen molar-refractivity contribution in [2.45, 2.75) is 25.3 Å². The van der Waals surface area contributed by atoms with E-state index in [1.807, 2.05) is 25.1 Å². The fourth-order valence-electron chi connectivity index (χ4n) is 2.44. The van der Waals surface area contributed by atoms with E-state index in [4.69, 9.17) is 23.2 Å². The Morgan fingerprint density at radius 3 is 2.58 bits per heavy atom. The first-order valence-corrected chi connectivity index (χ1v) is 7.17. The van der Waals surface area contributed by atoms with Crippen LogP contribution in [0.2, 0.25) is 5.02 Å². The van der Waals surface area contributed by atoms with Crippen LogP contribution in [-0.2, 0) is 0 Å². The molecule has 2 atom stereocenters. The molecule has 0 saturated carbocycles. The lowest BCUT2D eigenvalue weighted by atomic mass is 10.2. The number of likely N-dealkylation sites (N-methyl/N-ethyl adjacent to an activating group) is 1. The lowest BCUT2D eigenvalue weighted by Gasteiger charge is -2.22. The Balaban J connectivity index is 2.58. The lowest BCUT2D eigenvalue weighted by Crippen LogP contribution is -2.23. The van der Waals surface area contributed by atoms with E-state index < -0.39 is 0 Å². The van der Waals surface area contributed by atoms with Gasteiger partial charge < -0.3 is 9.47 Å². The van der Waals surface area contributed by atoms with Crippen molar-refractivity contribution in [1.29, 1.82) is 0 Å². The molecule has 2 unspecified atom stereocenters. The largest absolute Gasteiger partial charge is 0.323 e. The summed E-state index contributed by atoms with van der Waals surface area (Å²) < 4.78 is 2.21. The fourth-order valence-corrected chi connectivity index (χ4v) is 2.76. The molecule has 0 spiro atoms. The molecular weight excluding hydrogens is 281 g/mol. The molecule has 0 bridgehead atoms. The van der Waals surface area contributed by atoms with Crippen molar-refractivity contribution in [2.24, 2.45) is 0 Å². The molecule has 0 saturated heterocycles. The minimum atomic E-state index is -0.129. The van der Waals surface area contributed by atoms with Crippen LogP contribution in [0.15, 0.2) is 18.2 Å². The second-order valence-corrected chi connectivity index (χ2v) is 6.29. The molecule has 1 aromatic heterocycles. The van der Waals surface area contributed by atoms with E-state index in [0.29, 0.717) is 11.1 Å². The number of rotatable bonds is 4. The predicted molar refractivity (Wildman–Crippen MR) is 82.3 cm³/mol. The van der Waals surface area contributed by atoms with Crippen LogP contribution in [0.25, 0.3) is 11.0 Å². The van der Waals surface area contributed by atoms with E-state index in [-0.39, 0.29) is 5.38 Å². The van der Waals surface area contributed by atoms with E-state index in [1.165, 1.54) is 0 Å². The number of fused-ring (bicyclic) bond motifs is 1. The number of benzene rings is 1. The van der Waals surface area contributed by atoms with E-state index in [0.717, 1.165) is 23.4 Å². The number of hydrogen-bond donors (Lipinski definition) is 0. The van der Waals surface area contributed by atoms with E-state index >= 15 is 0 Å². The third kappa shape index (κ3) is 3.04. The van der Waals surface area contributed by atoms with Gasteiger partial charge in [-0.25, -0.2) is 4.98 Å². The number of nitrogens with zero attached hydrogens (tertiary/aromatic N) is 3. The minimum absolute atomic E-state index is 0.129. The molecular formula is C14H19Cl2N3. The van der Waals surface area contributed by atoms with Crippen LogP contribution < -0.4 is 0 Å². The van der Waals surface area contributed by atoms with Crippen LogP contribution in [0.3, 0.4) is 0 Å². The maximum atomic E-state index is 6.27. The molecule has 104 valence electrons. The predicted octanol–water partition coefficient (Wildman–Crippen LogP) is 4.11. The highest BCUT2D eigenvalue weighted by atomic mass is 35.5. The molecule has 19 heavy (non-hydrogen) atoms. The van der Waals surface area contributed by atoms with E-state index in [9.17, 15) is 0 Å². The summed E-state index contributed by atoms with van der Waals surface area (Å²) in [6.45, 7) is 5.06. The summed E-state index contributed by atoms with van der Waals surface area (Å²) in [4.78, 5) is 6.79. The van der Waals surface area contributed by atoms with Crippen LogP contribution in [0.4, 0.5) is 0 Å². The van der Waals surface area contributed by atoms with Gasteiger partial charge in [0, 0.05) is 17.6 Å². The van der Waals surface area contributed by atoms with Crippen LogP contribution in [0.5, 0.6) is 0 Å². The smallest absolute Gasteiger partial charge is 0.128 e. The minimum Gasteiger partial charge on any atom is -0.323 e. The van der Waals surface area contributed by atoms with Gasteiger partial charge in [0.1, 0.15) is 5.82 Å². The Morgan fingerprint density at radius 1 is 1.32 bits per heavy atom. The maximum Gasteiger partial charge on any atom is 0.128 e. The Morgan fingerprint density at radius 2 is 2.00 bits per heavy atom. The highest BCUT2D eigenvalue weighted by Crippen LogP contribution is 2.29. The molecule has 0 fully saturated rings. The number of imidazole rings is 1. The van der Waals surface area contributed by atoms with Crippen molar-refractivity contribution < 1.29 is 0 Å². The Hall–Kier alpha value is -0.770. The number of hydrogen-bond acceptors (Lipinski definition) is 2. The molecule has 0 aliphatic carbocycles. The fraction of sp³-hybridized carbons (Fsp3) is 0.500. The van der Waals surface area contributed by atoms with Gasteiger partial charge in [0.05, 0.1) is 16.4 Å². The highest BCUT2D eigenvalue weighted by molar-refractivity contribution is 6.31. The molecule has 2 rings (SSSR count). The Kier molecular flexibility index (Phi) is 4.39. The third-order valence-electron chi connectivity index (χ3n) is 3.10. The van der Waals surface area contributed by atoms with Gasteiger partial charge in [-0.1, -0.05) is 11.6 Å². The van der Waals surface area contributed by atoms with Crippen LogP contribution >= 0.6 is 23.2 Å². The van der Waals surface area contributed by atoms with Gasteiger partial charge in [-0.05, 0) is 46.1 Å². The van der Waals surface area contributed by atoms with Gasteiger partial charge in [0.15, 0.2) is 0 Å². The zero-order chi connectivity index (χ0) is 14.2. The summed E-state index contributed by atoms with van der Waals surface area (Å²) >= 11 is 12.3. The van der Waals surface area contributed by atoms with Gasteiger partial charge in [-0.2, -0.15) is 0 Å². The normalized spacial score (nSPS) is 15.1. The number of alkyl halides is 1. The SMILES string of the molecule is CC(Cl)c1nc2cc(Cl)ccc2n1C(C)CN(C)C. The standard InChI is InChI=1S/C14H19Cl2N3/c1-9(8-18(3)4)19-13-6-5-11(16)7-12(13)17-14(19)10(2)15/h5-7,9-10H,8H2,1-4H3. The van der Waals surface area contributed by atoms with Gasteiger partial charge in [0.2, 0.25) is 0 Å². The summed E-state index contributed by atoms with van der Waals surface area (Å²) in [5, 5.41) is 0.571. The molecule has 5 heteroatoms. The summed E-state index contributed by atoms with van der Waals surface area (Å²) in [5.41, 5.74) is 1.99. The van der Waals surface area contributed by atoms with Crippen LogP contribution in [-0.4, -0.2) is 35.1 Å². The molecule has 3 nitrogen and oxygen atoms in total. The van der Waals surface area contributed by atoms with E-state index in [2.05, 4.69) is 35.5 Å². The topological polar surface area (TPSA) is 21.1 Å². The zero-order valence-corrected chi connectivity index (χ0v) is 13.2. The Bertz CT molecular complexity index is 575. The first-order chi connectivity index (χ1) is 8.90. The maximum absolute atomic E-state index is 6.27. The Labute approximate surface area is 124 Å².